The molecular formula is C17H33NO2. The quantitative estimate of drug-likeness (QED) is 0.549. The molecule has 0 aromatic rings. The molecule has 0 amide bonds. The molecule has 20 heavy (non-hydrogen) atoms. The first-order chi connectivity index (χ1) is 9.74. The highest BCUT2D eigenvalue weighted by molar-refractivity contribution is 5.73. The molecule has 3 heteroatoms. The summed E-state index contributed by atoms with van der Waals surface area (Å²) in [7, 11) is 0. The summed E-state index contributed by atoms with van der Waals surface area (Å²) in [5.74, 6) is -0.665. The Morgan fingerprint density at radius 3 is 2.25 bits per heavy atom. The Bertz CT molecular complexity index is 249. The van der Waals surface area contributed by atoms with Gasteiger partial charge < -0.3 is 10.4 Å². The Morgan fingerprint density at radius 1 is 1.05 bits per heavy atom. The topological polar surface area (TPSA) is 49.3 Å². The van der Waals surface area contributed by atoms with Gasteiger partial charge >= 0.3 is 5.97 Å². The van der Waals surface area contributed by atoms with E-state index < -0.39 is 5.97 Å². The molecular weight excluding hydrogens is 250 g/mol. The fraction of sp³-hybridized carbons (Fsp3) is 0.941. The van der Waals surface area contributed by atoms with Gasteiger partial charge in [0.05, 0.1) is 0 Å². The van der Waals surface area contributed by atoms with Crippen LogP contribution in [0, 0.1) is 0 Å². The molecule has 0 aliphatic heterocycles. The molecule has 0 saturated heterocycles. The summed E-state index contributed by atoms with van der Waals surface area (Å²) in [6.07, 6.45) is 15.7. The molecule has 0 spiro atoms. The smallest absolute Gasteiger partial charge is 0.320 e. The predicted molar refractivity (Wildman–Crippen MR) is 84.0 cm³/mol. The van der Waals surface area contributed by atoms with E-state index in [0.29, 0.717) is 6.04 Å². The van der Waals surface area contributed by atoms with E-state index in [0.717, 1.165) is 25.7 Å². The molecule has 118 valence electrons. The zero-order valence-corrected chi connectivity index (χ0v) is 13.2. The lowest BCUT2D eigenvalue weighted by atomic mass is 9.94. The first-order valence-electron chi connectivity index (χ1n) is 8.73. The standard InChI is InChI=1S/C17H33NO2/c1-2-3-4-5-6-7-11-14-16(17(19)20)18-15-12-9-8-10-13-15/h15-16,18H,2-14H2,1H3,(H,19,20). The van der Waals surface area contributed by atoms with Gasteiger partial charge in [0.25, 0.3) is 0 Å². The summed E-state index contributed by atoms with van der Waals surface area (Å²) in [5, 5.41) is 12.7. The maximum absolute atomic E-state index is 11.3. The first-order valence-corrected chi connectivity index (χ1v) is 8.73. The molecule has 1 unspecified atom stereocenters. The highest BCUT2D eigenvalue weighted by atomic mass is 16.4. The van der Waals surface area contributed by atoms with E-state index in [1.165, 1.54) is 57.8 Å². The lowest BCUT2D eigenvalue weighted by Gasteiger charge is -2.26. The number of hydrogen-bond donors (Lipinski definition) is 2. The first kappa shape index (κ1) is 17.5. The molecule has 1 fully saturated rings. The van der Waals surface area contributed by atoms with Crippen molar-refractivity contribution in [2.24, 2.45) is 0 Å². The summed E-state index contributed by atoms with van der Waals surface area (Å²) in [4.78, 5) is 11.3. The molecule has 0 radical (unpaired) electrons. The van der Waals surface area contributed by atoms with E-state index in [9.17, 15) is 9.90 Å². The summed E-state index contributed by atoms with van der Waals surface area (Å²) in [6.45, 7) is 2.23. The largest absolute Gasteiger partial charge is 0.480 e. The minimum Gasteiger partial charge on any atom is -0.480 e. The van der Waals surface area contributed by atoms with Crippen LogP contribution in [-0.2, 0) is 4.79 Å². The molecule has 0 heterocycles. The van der Waals surface area contributed by atoms with Crippen LogP contribution in [0.5, 0.6) is 0 Å². The van der Waals surface area contributed by atoms with Crippen LogP contribution in [-0.4, -0.2) is 23.2 Å². The van der Waals surface area contributed by atoms with E-state index in [1.807, 2.05) is 0 Å². The van der Waals surface area contributed by atoms with E-state index in [-0.39, 0.29) is 6.04 Å². The van der Waals surface area contributed by atoms with Gasteiger partial charge in [-0.2, -0.15) is 0 Å². The summed E-state index contributed by atoms with van der Waals surface area (Å²) in [5.41, 5.74) is 0. The molecule has 1 saturated carbocycles. The Kier molecular flexibility index (Phi) is 9.73. The van der Waals surface area contributed by atoms with E-state index in [2.05, 4.69) is 12.2 Å². The van der Waals surface area contributed by atoms with E-state index in [1.54, 1.807) is 0 Å². The second-order valence-electron chi connectivity index (χ2n) is 6.30. The van der Waals surface area contributed by atoms with Crippen molar-refractivity contribution in [1.82, 2.24) is 5.32 Å². The van der Waals surface area contributed by atoms with Gasteiger partial charge in [0.1, 0.15) is 6.04 Å². The van der Waals surface area contributed by atoms with Gasteiger partial charge in [-0.3, -0.25) is 4.79 Å². The fourth-order valence-electron chi connectivity index (χ4n) is 3.14. The Balaban J connectivity index is 2.10. The Labute approximate surface area is 124 Å². The Morgan fingerprint density at radius 2 is 1.65 bits per heavy atom. The number of carboxylic acids is 1. The second kappa shape index (κ2) is 11.1. The zero-order chi connectivity index (χ0) is 14.6. The van der Waals surface area contributed by atoms with Crippen molar-refractivity contribution < 1.29 is 9.90 Å². The lowest BCUT2D eigenvalue weighted by Crippen LogP contribution is -2.44. The van der Waals surface area contributed by atoms with Crippen LogP contribution < -0.4 is 5.32 Å². The summed E-state index contributed by atoms with van der Waals surface area (Å²) < 4.78 is 0. The van der Waals surface area contributed by atoms with Gasteiger partial charge in [0.2, 0.25) is 0 Å². The van der Waals surface area contributed by atoms with Crippen LogP contribution in [0.15, 0.2) is 0 Å². The average Bonchev–Trinajstić information content (AvgIpc) is 2.46. The number of rotatable bonds is 11. The van der Waals surface area contributed by atoms with Crippen LogP contribution in [0.1, 0.15) is 90.4 Å². The van der Waals surface area contributed by atoms with Crippen LogP contribution in [0.4, 0.5) is 0 Å². The van der Waals surface area contributed by atoms with E-state index in [4.69, 9.17) is 0 Å². The van der Waals surface area contributed by atoms with E-state index >= 15 is 0 Å². The maximum atomic E-state index is 11.3. The Hall–Kier alpha value is -0.570. The fourth-order valence-corrected chi connectivity index (χ4v) is 3.14. The number of aliphatic carboxylic acids is 1. The number of nitrogens with one attached hydrogen (secondary N) is 1. The third kappa shape index (κ3) is 7.88. The average molecular weight is 283 g/mol. The van der Waals surface area contributed by atoms with Crippen molar-refractivity contribution in [3.05, 3.63) is 0 Å². The monoisotopic (exact) mass is 283 g/mol. The van der Waals surface area contributed by atoms with Crippen LogP contribution in [0.3, 0.4) is 0 Å². The van der Waals surface area contributed by atoms with Crippen molar-refractivity contribution in [3.8, 4) is 0 Å². The number of carboxylic acid groups (broad SMARTS) is 1. The SMILES string of the molecule is CCCCCCCCCC(NC1CCCCC1)C(=O)O. The molecule has 2 N–H and O–H groups in total. The second-order valence-corrected chi connectivity index (χ2v) is 6.30. The zero-order valence-electron chi connectivity index (χ0n) is 13.2. The summed E-state index contributed by atoms with van der Waals surface area (Å²) in [6, 6.07) is 0.114. The normalized spacial score (nSPS) is 18.1. The molecule has 1 aliphatic rings. The molecule has 0 bridgehead atoms. The van der Waals surface area contributed by atoms with Crippen molar-refractivity contribution in [2.45, 2.75) is 102 Å². The number of hydrogen-bond acceptors (Lipinski definition) is 2. The number of carbonyl (C=O) groups is 1. The van der Waals surface area contributed by atoms with Gasteiger partial charge in [0, 0.05) is 6.04 Å². The van der Waals surface area contributed by atoms with Crippen molar-refractivity contribution in [2.75, 3.05) is 0 Å². The van der Waals surface area contributed by atoms with Gasteiger partial charge in [-0.05, 0) is 19.3 Å². The van der Waals surface area contributed by atoms with Gasteiger partial charge in [-0.1, -0.05) is 71.1 Å². The maximum Gasteiger partial charge on any atom is 0.320 e. The van der Waals surface area contributed by atoms with Crippen LogP contribution in [0.25, 0.3) is 0 Å². The lowest BCUT2D eigenvalue weighted by molar-refractivity contribution is -0.140. The highest BCUT2D eigenvalue weighted by Crippen LogP contribution is 2.19. The molecule has 1 atom stereocenters. The molecule has 1 aliphatic carbocycles. The van der Waals surface area contributed by atoms with Crippen molar-refractivity contribution in [3.63, 3.8) is 0 Å². The molecule has 1 rings (SSSR count). The third-order valence-electron chi connectivity index (χ3n) is 4.44. The van der Waals surface area contributed by atoms with Gasteiger partial charge in [-0.25, -0.2) is 0 Å². The van der Waals surface area contributed by atoms with Gasteiger partial charge in [0.15, 0.2) is 0 Å². The van der Waals surface area contributed by atoms with Crippen LogP contribution in [0.2, 0.25) is 0 Å². The van der Waals surface area contributed by atoms with Crippen LogP contribution >= 0.6 is 0 Å². The minimum absolute atomic E-state index is 0.325. The van der Waals surface area contributed by atoms with Gasteiger partial charge in [-0.15, -0.1) is 0 Å². The summed E-state index contributed by atoms with van der Waals surface area (Å²) >= 11 is 0. The van der Waals surface area contributed by atoms with Crippen molar-refractivity contribution >= 4 is 5.97 Å². The minimum atomic E-state index is -0.665. The highest BCUT2D eigenvalue weighted by Gasteiger charge is 2.22. The third-order valence-corrected chi connectivity index (χ3v) is 4.44. The molecule has 0 aromatic heterocycles. The predicted octanol–water partition coefficient (Wildman–Crippen LogP) is 4.50. The molecule has 0 aromatic carbocycles. The van der Waals surface area contributed by atoms with Crippen molar-refractivity contribution in [1.29, 1.82) is 0 Å². The molecule has 3 nitrogen and oxygen atoms in total. The number of unbranched alkanes of at least 4 members (excludes halogenated alkanes) is 6.